The summed E-state index contributed by atoms with van der Waals surface area (Å²) < 4.78 is 5.02. The second-order valence-electron chi connectivity index (χ2n) is 6.72. The molecule has 23 heavy (non-hydrogen) atoms. The Morgan fingerprint density at radius 3 is 2.13 bits per heavy atom. The van der Waals surface area contributed by atoms with Gasteiger partial charge < -0.3 is 19.6 Å². The van der Waals surface area contributed by atoms with Crippen LogP contribution in [0.3, 0.4) is 0 Å². The van der Waals surface area contributed by atoms with Crippen molar-refractivity contribution in [1.29, 1.82) is 0 Å². The van der Waals surface area contributed by atoms with Gasteiger partial charge in [-0.25, -0.2) is 0 Å². The Morgan fingerprint density at radius 1 is 1.09 bits per heavy atom. The molecule has 1 aromatic carbocycles. The van der Waals surface area contributed by atoms with Crippen molar-refractivity contribution in [2.75, 3.05) is 33.3 Å². The molecule has 6 heteroatoms. The predicted octanol–water partition coefficient (Wildman–Crippen LogP) is 1.73. The van der Waals surface area contributed by atoms with Crippen LogP contribution in [0.1, 0.15) is 31.1 Å². The summed E-state index contributed by atoms with van der Waals surface area (Å²) in [5.74, 6) is 0.270. The molecule has 6 nitrogen and oxygen atoms in total. The summed E-state index contributed by atoms with van der Waals surface area (Å²) in [4.78, 5) is 28.2. The molecule has 1 aliphatic rings. The third-order valence-electron chi connectivity index (χ3n) is 3.93. The molecule has 1 N–H and O–H groups in total. The van der Waals surface area contributed by atoms with Crippen molar-refractivity contribution in [3.63, 3.8) is 0 Å². The molecular formula is C17H24N2O4. The van der Waals surface area contributed by atoms with Crippen LogP contribution in [0.15, 0.2) is 18.2 Å². The van der Waals surface area contributed by atoms with Gasteiger partial charge in [0.2, 0.25) is 5.91 Å². The van der Waals surface area contributed by atoms with Crippen molar-refractivity contribution in [2.45, 2.75) is 20.8 Å². The van der Waals surface area contributed by atoms with Gasteiger partial charge in [-0.1, -0.05) is 20.8 Å². The molecule has 126 valence electrons. The molecule has 0 bridgehead atoms. The monoisotopic (exact) mass is 320 g/mol. The quantitative estimate of drug-likeness (QED) is 0.901. The number of benzene rings is 1. The summed E-state index contributed by atoms with van der Waals surface area (Å²) in [5.41, 5.74) is -0.165. The number of aromatic hydroxyl groups is 1. The number of phenolic OH excluding ortho intramolecular Hbond substituents is 1. The van der Waals surface area contributed by atoms with Crippen LogP contribution in [0.25, 0.3) is 0 Å². The van der Waals surface area contributed by atoms with Crippen molar-refractivity contribution in [2.24, 2.45) is 5.41 Å². The number of carbonyl (C=O) groups is 2. The number of piperazine rings is 1. The predicted molar refractivity (Wildman–Crippen MR) is 86.6 cm³/mol. The van der Waals surface area contributed by atoms with Crippen molar-refractivity contribution >= 4 is 11.8 Å². The van der Waals surface area contributed by atoms with Gasteiger partial charge in [-0.3, -0.25) is 9.59 Å². The molecule has 0 spiro atoms. The molecule has 0 radical (unpaired) electrons. The molecule has 0 saturated carbocycles. The first kappa shape index (κ1) is 17.1. The number of amides is 2. The van der Waals surface area contributed by atoms with Crippen LogP contribution in [-0.4, -0.2) is 60.0 Å². The highest BCUT2D eigenvalue weighted by atomic mass is 16.5. The highest BCUT2D eigenvalue weighted by Gasteiger charge is 2.31. The van der Waals surface area contributed by atoms with Gasteiger partial charge in [-0.15, -0.1) is 0 Å². The fourth-order valence-electron chi connectivity index (χ4n) is 2.58. The minimum atomic E-state index is -0.416. The van der Waals surface area contributed by atoms with E-state index in [1.807, 2.05) is 20.8 Å². The van der Waals surface area contributed by atoms with Crippen LogP contribution in [0.4, 0.5) is 0 Å². The normalized spacial score (nSPS) is 15.5. The number of ether oxygens (including phenoxy) is 1. The lowest BCUT2D eigenvalue weighted by Gasteiger charge is -2.37. The van der Waals surface area contributed by atoms with Crippen LogP contribution >= 0.6 is 0 Å². The maximum absolute atomic E-state index is 12.5. The van der Waals surface area contributed by atoms with Crippen LogP contribution in [-0.2, 0) is 4.79 Å². The Bertz CT molecular complexity index is 599. The number of hydrogen-bond donors (Lipinski definition) is 1. The minimum absolute atomic E-state index is 0.0943. The summed E-state index contributed by atoms with van der Waals surface area (Å²) in [5, 5.41) is 9.98. The first-order valence-electron chi connectivity index (χ1n) is 7.69. The smallest absolute Gasteiger partial charge is 0.257 e. The molecule has 0 atom stereocenters. The number of carbonyl (C=O) groups excluding carboxylic acids is 2. The summed E-state index contributed by atoms with van der Waals surface area (Å²) in [7, 11) is 1.50. The van der Waals surface area contributed by atoms with Crippen molar-refractivity contribution < 1.29 is 19.4 Å². The fourth-order valence-corrected chi connectivity index (χ4v) is 2.58. The maximum Gasteiger partial charge on any atom is 0.257 e. The Morgan fingerprint density at radius 2 is 1.65 bits per heavy atom. The lowest BCUT2D eigenvalue weighted by molar-refractivity contribution is -0.140. The lowest BCUT2D eigenvalue weighted by Crippen LogP contribution is -2.53. The zero-order valence-corrected chi connectivity index (χ0v) is 14.1. The highest BCUT2D eigenvalue weighted by Crippen LogP contribution is 2.25. The van der Waals surface area contributed by atoms with E-state index in [1.54, 1.807) is 21.9 Å². The van der Waals surface area contributed by atoms with Crippen LogP contribution in [0, 0.1) is 5.41 Å². The van der Waals surface area contributed by atoms with Gasteiger partial charge >= 0.3 is 0 Å². The molecule has 1 aromatic rings. The van der Waals surface area contributed by atoms with E-state index in [4.69, 9.17) is 4.74 Å². The van der Waals surface area contributed by atoms with E-state index in [1.165, 1.54) is 13.2 Å². The van der Waals surface area contributed by atoms with Crippen molar-refractivity contribution in [3.05, 3.63) is 23.8 Å². The SMILES string of the molecule is COc1ccc(C(=O)N2CCN(C(=O)C(C)(C)C)CC2)c(O)c1. The Kier molecular flexibility index (Phi) is 4.82. The maximum atomic E-state index is 12.5. The van der Waals surface area contributed by atoms with Crippen molar-refractivity contribution in [1.82, 2.24) is 9.80 Å². The zero-order chi connectivity index (χ0) is 17.2. The Hall–Kier alpha value is -2.24. The third kappa shape index (κ3) is 3.75. The molecule has 2 rings (SSSR count). The molecule has 0 aliphatic carbocycles. The topological polar surface area (TPSA) is 70.1 Å². The fraction of sp³-hybridized carbons (Fsp3) is 0.529. The van der Waals surface area contributed by atoms with E-state index in [0.717, 1.165) is 0 Å². The molecule has 0 unspecified atom stereocenters. The molecular weight excluding hydrogens is 296 g/mol. The zero-order valence-electron chi connectivity index (χ0n) is 14.1. The summed E-state index contributed by atoms with van der Waals surface area (Å²) in [6, 6.07) is 4.63. The summed E-state index contributed by atoms with van der Waals surface area (Å²) >= 11 is 0. The van der Waals surface area contributed by atoms with Gasteiger partial charge in [-0.05, 0) is 12.1 Å². The van der Waals surface area contributed by atoms with Gasteiger partial charge in [0.25, 0.3) is 5.91 Å². The summed E-state index contributed by atoms with van der Waals surface area (Å²) in [6.45, 7) is 7.63. The molecule has 1 fully saturated rings. The molecule has 1 heterocycles. The highest BCUT2D eigenvalue weighted by molar-refractivity contribution is 5.97. The largest absolute Gasteiger partial charge is 0.507 e. The number of methoxy groups -OCH3 is 1. The standard InChI is InChI=1S/C17H24N2O4/c1-17(2,3)16(22)19-9-7-18(8-10-19)15(21)13-6-5-12(23-4)11-14(13)20/h5-6,11,20H,7-10H2,1-4H3. The average molecular weight is 320 g/mol. The van der Waals surface area contributed by atoms with Gasteiger partial charge in [0.15, 0.2) is 0 Å². The number of nitrogens with zero attached hydrogens (tertiary/aromatic N) is 2. The third-order valence-corrected chi connectivity index (χ3v) is 3.93. The van der Waals surface area contributed by atoms with Crippen LogP contribution < -0.4 is 4.74 Å². The van der Waals surface area contributed by atoms with E-state index in [9.17, 15) is 14.7 Å². The second-order valence-corrected chi connectivity index (χ2v) is 6.72. The number of rotatable bonds is 2. The van der Waals surface area contributed by atoms with E-state index in [0.29, 0.717) is 31.9 Å². The van der Waals surface area contributed by atoms with Crippen molar-refractivity contribution in [3.8, 4) is 11.5 Å². The van der Waals surface area contributed by atoms with E-state index in [2.05, 4.69) is 0 Å². The van der Waals surface area contributed by atoms with Gasteiger partial charge in [-0.2, -0.15) is 0 Å². The van der Waals surface area contributed by atoms with Crippen LogP contribution in [0.2, 0.25) is 0 Å². The van der Waals surface area contributed by atoms with Gasteiger partial charge in [0.05, 0.1) is 12.7 Å². The molecule has 2 amide bonds. The first-order valence-corrected chi connectivity index (χ1v) is 7.69. The van der Waals surface area contributed by atoms with E-state index in [-0.39, 0.29) is 23.1 Å². The first-order chi connectivity index (χ1) is 10.7. The second kappa shape index (κ2) is 6.48. The minimum Gasteiger partial charge on any atom is -0.507 e. The molecule has 1 saturated heterocycles. The Labute approximate surface area is 136 Å². The molecule has 1 aliphatic heterocycles. The number of hydrogen-bond acceptors (Lipinski definition) is 4. The van der Waals surface area contributed by atoms with Gasteiger partial charge in [0, 0.05) is 37.7 Å². The molecule has 0 aromatic heterocycles. The summed E-state index contributed by atoms with van der Waals surface area (Å²) in [6.07, 6.45) is 0. The van der Waals surface area contributed by atoms with E-state index < -0.39 is 5.41 Å². The average Bonchev–Trinajstić information content (AvgIpc) is 2.52. The van der Waals surface area contributed by atoms with Gasteiger partial charge in [0.1, 0.15) is 11.5 Å². The lowest BCUT2D eigenvalue weighted by atomic mass is 9.94. The number of phenols is 1. The van der Waals surface area contributed by atoms with Crippen LogP contribution in [0.5, 0.6) is 11.5 Å². The Balaban J connectivity index is 2.03. The van der Waals surface area contributed by atoms with E-state index >= 15 is 0 Å².